The van der Waals surface area contributed by atoms with Crippen molar-refractivity contribution in [3.05, 3.63) is 66.3 Å². The van der Waals surface area contributed by atoms with Crippen LogP contribution in [0.5, 0.6) is 0 Å². The van der Waals surface area contributed by atoms with Gasteiger partial charge in [-0.3, -0.25) is 0 Å². The van der Waals surface area contributed by atoms with E-state index >= 15 is 0 Å². The lowest BCUT2D eigenvalue weighted by atomic mass is 10.2. The van der Waals surface area contributed by atoms with Crippen molar-refractivity contribution in [2.24, 2.45) is 5.92 Å². The van der Waals surface area contributed by atoms with Gasteiger partial charge in [0.2, 0.25) is 0 Å². The van der Waals surface area contributed by atoms with Crippen molar-refractivity contribution in [2.75, 3.05) is 11.9 Å². The van der Waals surface area contributed by atoms with E-state index in [1.807, 2.05) is 19.1 Å². The Morgan fingerprint density at radius 3 is 2.00 bits per heavy atom. The molecule has 0 aliphatic rings. The van der Waals surface area contributed by atoms with Crippen LogP contribution in [0.1, 0.15) is 72.8 Å². The van der Waals surface area contributed by atoms with Gasteiger partial charge in [0, 0.05) is 12.2 Å². The second-order valence-electron chi connectivity index (χ2n) is 6.67. The van der Waals surface area contributed by atoms with E-state index in [0.717, 1.165) is 18.9 Å². The molecule has 148 valence electrons. The highest BCUT2D eigenvalue weighted by molar-refractivity contribution is 5.44. The predicted molar refractivity (Wildman–Crippen MR) is 123 cm³/mol. The van der Waals surface area contributed by atoms with Gasteiger partial charge in [0.1, 0.15) is 0 Å². The van der Waals surface area contributed by atoms with E-state index in [0.29, 0.717) is 0 Å². The summed E-state index contributed by atoms with van der Waals surface area (Å²) < 4.78 is 0. The molecule has 0 aromatic heterocycles. The van der Waals surface area contributed by atoms with Crippen LogP contribution in [-0.4, -0.2) is 6.54 Å². The SMILES string of the molecule is C/C=C\C=C/CC.CCC(C)C.CCC/C=C\CNc1ccc(C)cc1. The van der Waals surface area contributed by atoms with Crippen LogP contribution < -0.4 is 5.32 Å². The molecule has 0 saturated carbocycles. The van der Waals surface area contributed by atoms with Crippen molar-refractivity contribution in [2.45, 2.75) is 74.1 Å². The van der Waals surface area contributed by atoms with E-state index in [1.54, 1.807) is 0 Å². The first-order valence-electron chi connectivity index (χ1n) is 10.2. The molecule has 0 heterocycles. The minimum atomic E-state index is 0.884. The molecule has 1 heteroatoms. The van der Waals surface area contributed by atoms with Gasteiger partial charge >= 0.3 is 0 Å². The molecule has 0 aliphatic carbocycles. The van der Waals surface area contributed by atoms with Gasteiger partial charge in [-0.15, -0.1) is 0 Å². The topological polar surface area (TPSA) is 12.0 Å². The Morgan fingerprint density at radius 1 is 0.923 bits per heavy atom. The molecule has 1 aromatic carbocycles. The third-order valence-electron chi connectivity index (χ3n) is 3.59. The first kappa shape index (κ1) is 26.5. The first-order valence-corrected chi connectivity index (χ1v) is 10.2. The van der Waals surface area contributed by atoms with Gasteiger partial charge in [-0.05, 0) is 44.7 Å². The number of nitrogens with one attached hydrogen (secondary N) is 1. The average Bonchev–Trinajstić information content (AvgIpc) is 2.64. The number of hydrogen-bond acceptors (Lipinski definition) is 1. The van der Waals surface area contributed by atoms with Gasteiger partial charge in [0.25, 0.3) is 0 Å². The monoisotopic (exact) mass is 357 g/mol. The van der Waals surface area contributed by atoms with Crippen molar-refractivity contribution in [1.82, 2.24) is 0 Å². The van der Waals surface area contributed by atoms with Crippen LogP contribution in [0, 0.1) is 12.8 Å². The number of anilines is 1. The number of aryl methyl sites for hydroxylation is 1. The highest BCUT2D eigenvalue weighted by Crippen LogP contribution is 2.07. The van der Waals surface area contributed by atoms with E-state index in [1.165, 1.54) is 30.5 Å². The Hall–Kier alpha value is -1.76. The molecule has 1 N–H and O–H groups in total. The van der Waals surface area contributed by atoms with Gasteiger partial charge in [0.05, 0.1) is 0 Å². The molecule has 0 radical (unpaired) electrons. The van der Waals surface area contributed by atoms with Crippen LogP contribution in [0.2, 0.25) is 0 Å². The lowest BCUT2D eigenvalue weighted by molar-refractivity contribution is 0.626. The second kappa shape index (κ2) is 21.3. The fourth-order valence-corrected chi connectivity index (χ4v) is 1.54. The number of hydrogen-bond donors (Lipinski definition) is 1. The highest BCUT2D eigenvalue weighted by atomic mass is 14.8. The van der Waals surface area contributed by atoms with Crippen LogP contribution >= 0.6 is 0 Å². The third kappa shape index (κ3) is 22.2. The standard InChI is InChI=1S/C13H19N.C7H12.C5H12/c1-3-4-5-6-11-14-13-9-7-12(2)8-10-13;1-3-5-7-6-4-2;1-4-5(2)3/h5-10,14H,3-4,11H2,1-2H3;3,5-7H,4H2,1-2H3;5H,4H2,1-3H3/b6-5-;5-3-,7-6-;. The Kier molecular flexibility index (Phi) is 21.7. The molecule has 1 rings (SSSR count). The Morgan fingerprint density at radius 2 is 1.54 bits per heavy atom. The van der Waals surface area contributed by atoms with Gasteiger partial charge in [0.15, 0.2) is 0 Å². The minimum Gasteiger partial charge on any atom is -0.382 e. The average molecular weight is 358 g/mol. The molecule has 0 aliphatic heterocycles. The second-order valence-corrected chi connectivity index (χ2v) is 6.67. The summed E-state index contributed by atoms with van der Waals surface area (Å²) in [4.78, 5) is 0. The van der Waals surface area contributed by atoms with E-state index in [4.69, 9.17) is 0 Å². The fourth-order valence-electron chi connectivity index (χ4n) is 1.54. The largest absolute Gasteiger partial charge is 0.382 e. The van der Waals surface area contributed by atoms with Gasteiger partial charge in [-0.1, -0.05) is 102 Å². The normalized spacial score (nSPS) is 10.8. The molecule has 0 saturated heterocycles. The summed E-state index contributed by atoms with van der Waals surface area (Å²) in [5.41, 5.74) is 2.49. The molecule has 0 amide bonds. The summed E-state index contributed by atoms with van der Waals surface area (Å²) in [5, 5.41) is 3.34. The molecular formula is C25H43N. The number of unbranched alkanes of at least 4 members (excludes halogenated alkanes) is 1. The molecule has 0 unspecified atom stereocenters. The summed E-state index contributed by atoms with van der Waals surface area (Å²) in [6.07, 6.45) is 17.5. The fraction of sp³-hybridized carbons (Fsp3) is 0.520. The zero-order valence-corrected chi connectivity index (χ0v) is 18.4. The highest BCUT2D eigenvalue weighted by Gasteiger charge is 1.87. The van der Waals surface area contributed by atoms with Crippen LogP contribution in [0.25, 0.3) is 0 Å². The van der Waals surface area contributed by atoms with Gasteiger partial charge in [-0.25, -0.2) is 0 Å². The Balaban J connectivity index is 0. The maximum absolute atomic E-state index is 3.34. The molecule has 0 spiro atoms. The summed E-state index contributed by atoms with van der Waals surface area (Å²) in [7, 11) is 0. The number of rotatable bonds is 8. The maximum atomic E-state index is 3.34. The molecule has 26 heavy (non-hydrogen) atoms. The van der Waals surface area contributed by atoms with Crippen LogP contribution in [-0.2, 0) is 0 Å². The molecular weight excluding hydrogens is 314 g/mol. The Labute approximate surface area is 164 Å². The molecule has 0 bridgehead atoms. The smallest absolute Gasteiger partial charge is 0.0342 e. The van der Waals surface area contributed by atoms with Crippen molar-refractivity contribution in [3.63, 3.8) is 0 Å². The van der Waals surface area contributed by atoms with E-state index in [2.05, 4.69) is 95.4 Å². The van der Waals surface area contributed by atoms with Gasteiger partial charge in [-0.2, -0.15) is 0 Å². The van der Waals surface area contributed by atoms with Crippen LogP contribution in [0.4, 0.5) is 5.69 Å². The predicted octanol–water partition coefficient (Wildman–Crippen LogP) is 8.34. The summed E-state index contributed by atoms with van der Waals surface area (Å²) >= 11 is 0. The summed E-state index contributed by atoms with van der Waals surface area (Å²) in [6, 6.07) is 8.47. The quantitative estimate of drug-likeness (QED) is 0.364. The molecule has 1 aromatic rings. The van der Waals surface area contributed by atoms with E-state index in [9.17, 15) is 0 Å². The van der Waals surface area contributed by atoms with Crippen molar-refractivity contribution in [3.8, 4) is 0 Å². The summed E-state index contributed by atoms with van der Waals surface area (Å²) in [6.45, 7) is 16.0. The van der Waals surface area contributed by atoms with Crippen molar-refractivity contribution < 1.29 is 0 Å². The van der Waals surface area contributed by atoms with Crippen molar-refractivity contribution >= 4 is 5.69 Å². The Bertz CT molecular complexity index is 463. The molecule has 0 fully saturated rings. The maximum Gasteiger partial charge on any atom is 0.0342 e. The zero-order chi connectivity index (χ0) is 20.0. The lowest BCUT2D eigenvalue weighted by Crippen LogP contribution is -1.97. The minimum absolute atomic E-state index is 0.884. The van der Waals surface area contributed by atoms with Crippen molar-refractivity contribution in [1.29, 1.82) is 0 Å². The van der Waals surface area contributed by atoms with E-state index < -0.39 is 0 Å². The lowest BCUT2D eigenvalue weighted by Gasteiger charge is -2.02. The number of allylic oxidation sites excluding steroid dienone is 5. The van der Waals surface area contributed by atoms with E-state index in [-0.39, 0.29) is 0 Å². The summed E-state index contributed by atoms with van der Waals surface area (Å²) in [5.74, 6) is 0.884. The zero-order valence-electron chi connectivity index (χ0n) is 18.4. The first-order chi connectivity index (χ1) is 12.5. The van der Waals surface area contributed by atoms with Crippen LogP contribution in [0.3, 0.4) is 0 Å². The molecule has 1 nitrogen and oxygen atoms in total. The third-order valence-corrected chi connectivity index (χ3v) is 3.59. The van der Waals surface area contributed by atoms with Gasteiger partial charge < -0.3 is 5.32 Å². The molecule has 0 atom stereocenters. The van der Waals surface area contributed by atoms with Crippen LogP contribution in [0.15, 0.2) is 60.7 Å². The number of benzene rings is 1.